The average Bonchev–Trinajstić information content (AvgIpc) is 2.11. The van der Waals surface area contributed by atoms with Gasteiger partial charge in [0.25, 0.3) is 0 Å². The predicted octanol–water partition coefficient (Wildman–Crippen LogP) is 3.64. The Morgan fingerprint density at radius 3 is 2.59 bits per heavy atom. The molecule has 0 radical (unpaired) electrons. The maximum absolute atomic E-state index is 13.4. The van der Waals surface area contributed by atoms with Gasteiger partial charge >= 0.3 is 6.09 Å². The molecule has 2 N–H and O–H groups in total. The zero-order chi connectivity index (χ0) is 13.2. The van der Waals surface area contributed by atoms with Crippen molar-refractivity contribution in [1.82, 2.24) is 0 Å². The van der Waals surface area contributed by atoms with Gasteiger partial charge in [-0.25, -0.2) is 9.18 Å². The average molecular weight is 306 g/mol. The lowest BCUT2D eigenvalue weighted by Gasteiger charge is -2.19. The van der Waals surface area contributed by atoms with Crippen molar-refractivity contribution in [3.8, 4) is 5.75 Å². The largest absolute Gasteiger partial charge is 0.507 e. The van der Waals surface area contributed by atoms with Crippen LogP contribution in [0.5, 0.6) is 5.75 Å². The Morgan fingerprint density at radius 1 is 1.47 bits per heavy atom. The Kier molecular flexibility index (Phi) is 3.98. The van der Waals surface area contributed by atoms with Crippen LogP contribution in [0, 0.1) is 5.82 Å². The van der Waals surface area contributed by atoms with Crippen molar-refractivity contribution >= 4 is 27.7 Å². The van der Waals surface area contributed by atoms with E-state index in [9.17, 15) is 14.3 Å². The van der Waals surface area contributed by atoms with Crippen molar-refractivity contribution in [3.63, 3.8) is 0 Å². The number of rotatable bonds is 1. The van der Waals surface area contributed by atoms with Gasteiger partial charge in [-0.1, -0.05) is 0 Å². The fourth-order valence-electron chi connectivity index (χ4n) is 1.05. The highest BCUT2D eigenvalue weighted by Crippen LogP contribution is 2.29. The fourth-order valence-corrected chi connectivity index (χ4v) is 1.39. The third-order valence-electron chi connectivity index (χ3n) is 1.67. The summed E-state index contributed by atoms with van der Waals surface area (Å²) in [5, 5.41) is 11.5. The molecule has 0 atom stereocenters. The number of halogens is 2. The molecule has 0 aromatic heterocycles. The molecule has 0 aliphatic rings. The molecule has 1 rings (SSSR count). The van der Waals surface area contributed by atoms with Gasteiger partial charge in [0.15, 0.2) is 5.82 Å². The molecule has 1 amide bonds. The highest BCUT2D eigenvalue weighted by atomic mass is 79.9. The minimum Gasteiger partial charge on any atom is -0.507 e. The SMILES string of the molecule is CC(C)(C)OC(=O)Nc1cc(Br)c(O)cc1F. The zero-order valence-electron chi connectivity index (χ0n) is 9.67. The first-order valence-corrected chi connectivity index (χ1v) is 5.66. The minimum atomic E-state index is -0.756. The second kappa shape index (κ2) is 4.91. The molecule has 4 nitrogen and oxygen atoms in total. The van der Waals surface area contributed by atoms with E-state index in [1.165, 1.54) is 6.07 Å². The molecular weight excluding hydrogens is 293 g/mol. The van der Waals surface area contributed by atoms with Crippen LogP contribution in [-0.4, -0.2) is 16.8 Å². The van der Waals surface area contributed by atoms with Gasteiger partial charge in [0.2, 0.25) is 0 Å². The molecule has 0 saturated carbocycles. The van der Waals surface area contributed by atoms with Crippen LogP contribution in [0.4, 0.5) is 14.9 Å². The monoisotopic (exact) mass is 305 g/mol. The van der Waals surface area contributed by atoms with E-state index in [1.54, 1.807) is 20.8 Å². The van der Waals surface area contributed by atoms with Gasteiger partial charge < -0.3 is 9.84 Å². The molecule has 0 unspecified atom stereocenters. The zero-order valence-corrected chi connectivity index (χ0v) is 11.3. The number of phenolic OH excluding ortho intramolecular Hbond substituents is 1. The van der Waals surface area contributed by atoms with Crippen molar-refractivity contribution in [1.29, 1.82) is 0 Å². The Labute approximate surface area is 107 Å². The van der Waals surface area contributed by atoms with Crippen LogP contribution in [0.3, 0.4) is 0 Å². The lowest BCUT2D eigenvalue weighted by atomic mass is 10.2. The summed E-state index contributed by atoms with van der Waals surface area (Å²) in [6.07, 6.45) is -0.756. The van der Waals surface area contributed by atoms with Crippen LogP contribution < -0.4 is 5.32 Å². The molecule has 0 aliphatic heterocycles. The summed E-state index contributed by atoms with van der Waals surface area (Å²) < 4.78 is 18.6. The maximum atomic E-state index is 13.4. The summed E-state index contributed by atoms with van der Waals surface area (Å²) in [6.45, 7) is 5.11. The van der Waals surface area contributed by atoms with Crippen LogP contribution in [0.15, 0.2) is 16.6 Å². The van der Waals surface area contributed by atoms with Crippen LogP contribution in [-0.2, 0) is 4.74 Å². The Hall–Kier alpha value is -1.30. The topological polar surface area (TPSA) is 58.6 Å². The van der Waals surface area contributed by atoms with Crippen molar-refractivity contribution < 1.29 is 19.0 Å². The van der Waals surface area contributed by atoms with Crippen LogP contribution in [0.25, 0.3) is 0 Å². The highest BCUT2D eigenvalue weighted by Gasteiger charge is 2.18. The number of nitrogens with one attached hydrogen (secondary N) is 1. The van der Waals surface area contributed by atoms with Gasteiger partial charge in [0.05, 0.1) is 10.2 Å². The summed E-state index contributed by atoms with van der Waals surface area (Å²) >= 11 is 3.02. The van der Waals surface area contributed by atoms with Crippen molar-refractivity contribution in [2.75, 3.05) is 5.32 Å². The summed E-state index contributed by atoms with van der Waals surface area (Å²) in [5.74, 6) is -0.978. The number of aromatic hydroxyl groups is 1. The molecule has 94 valence electrons. The lowest BCUT2D eigenvalue weighted by Crippen LogP contribution is -2.27. The highest BCUT2D eigenvalue weighted by molar-refractivity contribution is 9.10. The molecule has 0 spiro atoms. The van der Waals surface area contributed by atoms with E-state index in [2.05, 4.69) is 21.2 Å². The van der Waals surface area contributed by atoms with Crippen molar-refractivity contribution in [3.05, 3.63) is 22.4 Å². The number of phenols is 1. The molecule has 1 aromatic rings. The fraction of sp³-hybridized carbons (Fsp3) is 0.364. The first kappa shape index (κ1) is 13.8. The molecule has 6 heteroatoms. The van der Waals surface area contributed by atoms with E-state index in [0.29, 0.717) is 0 Å². The van der Waals surface area contributed by atoms with Gasteiger partial charge in [-0.15, -0.1) is 0 Å². The van der Waals surface area contributed by atoms with Crippen LogP contribution in [0.2, 0.25) is 0 Å². The molecule has 17 heavy (non-hydrogen) atoms. The minimum absolute atomic E-state index is 0.0658. The summed E-state index contributed by atoms with van der Waals surface area (Å²) in [7, 11) is 0. The Balaban J connectivity index is 2.82. The maximum Gasteiger partial charge on any atom is 0.412 e. The third-order valence-corrected chi connectivity index (χ3v) is 2.31. The van der Waals surface area contributed by atoms with E-state index in [1.807, 2.05) is 0 Å². The van der Waals surface area contributed by atoms with Gasteiger partial charge in [-0.3, -0.25) is 5.32 Å². The Bertz CT molecular complexity index is 443. The number of hydrogen-bond acceptors (Lipinski definition) is 3. The van der Waals surface area contributed by atoms with E-state index in [-0.39, 0.29) is 15.9 Å². The first-order chi connectivity index (χ1) is 7.69. The third kappa shape index (κ3) is 4.22. The van der Waals surface area contributed by atoms with Crippen molar-refractivity contribution in [2.45, 2.75) is 26.4 Å². The van der Waals surface area contributed by atoms with Gasteiger partial charge in [0, 0.05) is 6.07 Å². The molecule has 0 heterocycles. The van der Waals surface area contributed by atoms with E-state index >= 15 is 0 Å². The number of hydrogen-bond donors (Lipinski definition) is 2. The standard InChI is InChI=1S/C11H13BrFNO3/c1-11(2,3)17-10(16)14-8-4-6(12)9(15)5-7(8)13/h4-5,15H,1-3H3,(H,14,16). The number of amides is 1. The Morgan fingerprint density at radius 2 is 2.06 bits per heavy atom. The molecular formula is C11H13BrFNO3. The van der Waals surface area contributed by atoms with Gasteiger partial charge in [-0.2, -0.15) is 0 Å². The first-order valence-electron chi connectivity index (χ1n) is 4.87. The van der Waals surface area contributed by atoms with E-state index < -0.39 is 17.5 Å². The van der Waals surface area contributed by atoms with Crippen molar-refractivity contribution in [2.24, 2.45) is 0 Å². The van der Waals surface area contributed by atoms with Gasteiger partial charge in [-0.05, 0) is 42.8 Å². The number of carbonyl (C=O) groups is 1. The molecule has 1 aromatic carbocycles. The molecule has 0 aliphatic carbocycles. The molecule has 0 saturated heterocycles. The van der Waals surface area contributed by atoms with E-state index in [0.717, 1.165) is 6.07 Å². The predicted molar refractivity (Wildman–Crippen MR) is 65.6 cm³/mol. The second-order valence-electron chi connectivity index (χ2n) is 4.41. The van der Waals surface area contributed by atoms with Gasteiger partial charge in [0.1, 0.15) is 11.4 Å². The number of ether oxygens (including phenoxy) is 1. The summed E-state index contributed by atoms with van der Waals surface area (Å²) in [4.78, 5) is 11.4. The smallest absolute Gasteiger partial charge is 0.412 e. The van der Waals surface area contributed by atoms with Crippen LogP contribution >= 0.6 is 15.9 Å². The summed E-state index contributed by atoms with van der Waals surface area (Å²) in [6, 6.07) is 2.16. The quantitative estimate of drug-likeness (QED) is 0.779. The lowest BCUT2D eigenvalue weighted by molar-refractivity contribution is 0.0635. The normalized spacial score (nSPS) is 11.1. The van der Waals surface area contributed by atoms with E-state index in [4.69, 9.17) is 4.74 Å². The number of benzene rings is 1. The number of anilines is 1. The molecule has 0 bridgehead atoms. The second-order valence-corrected chi connectivity index (χ2v) is 5.26. The number of carbonyl (C=O) groups excluding carboxylic acids is 1. The summed E-state index contributed by atoms with van der Waals surface area (Å²) in [5.41, 5.74) is -0.724. The van der Waals surface area contributed by atoms with Crippen LogP contribution in [0.1, 0.15) is 20.8 Å². The molecule has 0 fully saturated rings.